The van der Waals surface area contributed by atoms with E-state index in [2.05, 4.69) is 0 Å². The molecule has 1 heterocycles. The predicted molar refractivity (Wildman–Crippen MR) is 83.7 cm³/mol. The zero-order valence-corrected chi connectivity index (χ0v) is 13.8. The number of nitrogens with zero attached hydrogens (tertiary/aromatic N) is 1. The van der Waals surface area contributed by atoms with Gasteiger partial charge in [0.2, 0.25) is 10.0 Å². The van der Waals surface area contributed by atoms with Crippen LogP contribution in [0.1, 0.15) is 30.0 Å². The van der Waals surface area contributed by atoms with Crippen LogP contribution in [-0.2, 0) is 16.2 Å². The number of hydrogen-bond acceptors (Lipinski definition) is 2. The van der Waals surface area contributed by atoms with Crippen molar-refractivity contribution in [3.8, 4) is 0 Å². The number of halogens is 4. The van der Waals surface area contributed by atoms with E-state index in [1.54, 1.807) is 0 Å². The van der Waals surface area contributed by atoms with E-state index in [1.165, 1.54) is 28.6 Å². The predicted octanol–water partition coefficient (Wildman–Crippen LogP) is 4.37. The Bertz CT molecular complexity index is 846. The summed E-state index contributed by atoms with van der Waals surface area (Å²) in [4.78, 5) is -0.0345. The average molecular weight is 373 g/mol. The summed E-state index contributed by atoms with van der Waals surface area (Å²) in [5, 5.41) is 0. The number of alkyl halides is 3. The molecule has 2 aromatic carbocycles. The van der Waals surface area contributed by atoms with Crippen LogP contribution in [0.15, 0.2) is 53.4 Å². The molecule has 0 spiro atoms. The normalized spacial score (nSPS) is 19.3. The molecule has 0 unspecified atom stereocenters. The Balaban J connectivity index is 1.91. The van der Waals surface area contributed by atoms with E-state index >= 15 is 0 Å². The Hall–Kier alpha value is -1.93. The molecule has 134 valence electrons. The molecule has 1 saturated heterocycles. The van der Waals surface area contributed by atoms with Gasteiger partial charge in [-0.2, -0.15) is 17.5 Å². The van der Waals surface area contributed by atoms with Crippen molar-refractivity contribution in [2.45, 2.75) is 30.0 Å². The first-order valence-electron chi connectivity index (χ1n) is 7.64. The Morgan fingerprint density at radius 2 is 1.56 bits per heavy atom. The van der Waals surface area contributed by atoms with E-state index in [0.717, 1.165) is 24.3 Å². The molecule has 1 atom stereocenters. The van der Waals surface area contributed by atoms with Crippen molar-refractivity contribution in [3.05, 3.63) is 65.5 Å². The van der Waals surface area contributed by atoms with Gasteiger partial charge in [0.25, 0.3) is 0 Å². The first-order valence-corrected chi connectivity index (χ1v) is 9.08. The van der Waals surface area contributed by atoms with Gasteiger partial charge in [-0.05, 0) is 54.8 Å². The maximum absolute atomic E-state index is 13.0. The van der Waals surface area contributed by atoms with Gasteiger partial charge in [0.05, 0.1) is 16.5 Å². The molecule has 2 aromatic rings. The van der Waals surface area contributed by atoms with Crippen LogP contribution < -0.4 is 0 Å². The third-order valence-electron chi connectivity index (χ3n) is 4.25. The van der Waals surface area contributed by atoms with Crippen LogP contribution >= 0.6 is 0 Å². The second-order valence-electron chi connectivity index (χ2n) is 5.85. The van der Waals surface area contributed by atoms with E-state index < -0.39 is 33.6 Å². The van der Waals surface area contributed by atoms with E-state index in [9.17, 15) is 26.0 Å². The van der Waals surface area contributed by atoms with Crippen molar-refractivity contribution >= 4 is 10.0 Å². The molecule has 0 bridgehead atoms. The van der Waals surface area contributed by atoms with E-state index in [0.29, 0.717) is 18.4 Å². The molecule has 1 aliphatic rings. The second kappa shape index (κ2) is 6.42. The van der Waals surface area contributed by atoms with E-state index in [4.69, 9.17) is 0 Å². The average Bonchev–Trinajstić information content (AvgIpc) is 3.05. The van der Waals surface area contributed by atoms with Gasteiger partial charge in [0.15, 0.2) is 0 Å². The molecule has 0 aliphatic carbocycles. The maximum Gasteiger partial charge on any atom is 0.416 e. The molecular weight excluding hydrogens is 358 g/mol. The molecule has 1 fully saturated rings. The van der Waals surface area contributed by atoms with Crippen molar-refractivity contribution in [3.63, 3.8) is 0 Å². The van der Waals surface area contributed by atoms with E-state index in [1.807, 2.05) is 0 Å². The fourth-order valence-electron chi connectivity index (χ4n) is 3.00. The topological polar surface area (TPSA) is 37.4 Å². The van der Waals surface area contributed by atoms with Crippen LogP contribution in [0.5, 0.6) is 0 Å². The SMILES string of the molecule is O=S(=O)(c1ccc(F)cc1)N1CCC[C@H]1c1ccc(C(F)(F)F)cc1. The summed E-state index contributed by atoms with van der Waals surface area (Å²) in [6.07, 6.45) is -3.31. The minimum Gasteiger partial charge on any atom is -0.207 e. The molecule has 1 aliphatic heterocycles. The van der Waals surface area contributed by atoms with E-state index in [-0.39, 0.29) is 11.4 Å². The van der Waals surface area contributed by atoms with Crippen molar-refractivity contribution in [1.82, 2.24) is 4.31 Å². The highest BCUT2D eigenvalue weighted by Crippen LogP contribution is 2.38. The smallest absolute Gasteiger partial charge is 0.207 e. The minimum atomic E-state index is -4.44. The van der Waals surface area contributed by atoms with Crippen LogP contribution in [0, 0.1) is 5.82 Å². The highest BCUT2D eigenvalue weighted by molar-refractivity contribution is 7.89. The lowest BCUT2D eigenvalue weighted by atomic mass is 10.0. The quantitative estimate of drug-likeness (QED) is 0.750. The van der Waals surface area contributed by atoms with Crippen molar-refractivity contribution < 1.29 is 26.0 Å². The number of hydrogen-bond donors (Lipinski definition) is 0. The summed E-state index contributed by atoms with van der Waals surface area (Å²) in [5.74, 6) is -0.542. The monoisotopic (exact) mass is 373 g/mol. The minimum absolute atomic E-state index is 0.0345. The summed E-state index contributed by atoms with van der Waals surface area (Å²) < 4.78 is 77.9. The molecule has 3 nitrogen and oxygen atoms in total. The van der Waals surface area contributed by atoms with Crippen molar-refractivity contribution in [2.75, 3.05) is 6.54 Å². The zero-order valence-electron chi connectivity index (χ0n) is 13.0. The number of rotatable bonds is 3. The van der Waals surface area contributed by atoms with Gasteiger partial charge < -0.3 is 0 Å². The molecule has 8 heteroatoms. The standard InChI is InChI=1S/C17H15F4NO2S/c18-14-7-9-15(10-8-14)25(23,24)22-11-1-2-16(22)12-3-5-13(6-4-12)17(19,20)21/h3-10,16H,1-2,11H2/t16-/m0/s1. The van der Waals surface area contributed by atoms with Crippen LogP contribution in [0.25, 0.3) is 0 Å². The molecule has 0 saturated carbocycles. The summed E-state index contributed by atoms with van der Waals surface area (Å²) in [5.41, 5.74) is -0.265. The first-order chi connectivity index (χ1) is 11.7. The Labute approximate surface area is 142 Å². The lowest BCUT2D eigenvalue weighted by Crippen LogP contribution is -2.30. The molecule has 0 radical (unpaired) electrons. The molecule has 0 aromatic heterocycles. The van der Waals surface area contributed by atoms with Gasteiger partial charge in [0.1, 0.15) is 5.82 Å². The summed E-state index contributed by atoms with van der Waals surface area (Å²) >= 11 is 0. The summed E-state index contributed by atoms with van der Waals surface area (Å²) in [6.45, 7) is 0.269. The lowest BCUT2D eigenvalue weighted by Gasteiger charge is -2.24. The summed E-state index contributed by atoms with van der Waals surface area (Å²) in [7, 11) is -3.85. The van der Waals surface area contributed by atoms with Gasteiger partial charge in [0, 0.05) is 6.54 Å². The van der Waals surface area contributed by atoms with Gasteiger partial charge >= 0.3 is 6.18 Å². The van der Waals surface area contributed by atoms with Crippen LogP contribution in [0.2, 0.25) is 0 Å². The third-order valence-corrected chi connectivity index (χ3v) is 6.17. The molecule has 0 N–H and O–H groups in total. The maximum atomic E-state index is 13.0. The number of sulfonamides is 1. The van der Waals surface area contributed by atoms with Gasteiger partial charge in [-0.3, -0.25) is 0 Å². The summed E-state index contributed by atoms with van der Waals surface area (Å²) in [6, 6.07) is 8.51. The Morgan fingerprint density at radius 3 is 2.12 bits per heavy atom. The van der Waals surface area contributed by atoms with Gasteiger partial charge in [-0.1, -0.05) is 12.1 Å². The van der Waals surface area contributed by atoms with Crippen LogP contribution in [0.4, 0.5) is 17.6 Å². The van der Waals surface area contributed by atoms with Crippen molar-refractivity contribution in [2.24, 2.45) is 0 Å². The van der Waals surface area contributed by atoms with Gasteiger partial charge in [-0.25, -0.2) is 12.8 Å². The third kappa shape index (κ3) is 3.55. The van der Waals surface area contributed by atoms with Crippen LogP contribution in [0.3, 0.4) is 0 Å². The Kier molecular flexibility index (Phi) is 4.59. The largest absolute Gasteiger partial charge is 0.416 e. The fourth-order valence-corrected chi connectivity index (χ4v) is 4.68. The number of benzene rings is 2. The molecule has 25 heavy (non-hydrogen) atoms. The fraction of sp³-hybridized carbons (Fsp3) is 0.294. The molecular formula is C17H15F4NO2S. The second-order valence-corrected chi connectivity index (χ2v) is 7.74. The first kappa shape index (κ1) is 17.9. The zero-order chi connectivity index (χ0) is 18.2. The highest BCUT2D eigenvalue weighted by atomic mass is 32.2. The van der Waals surface area contributed by atoms with Gasteiger partial charge in [-0.15, -0.1) is 0 Å². The van der Waals surface area contributed by atoms with Crippen molar-refractivity contribution in [1.29, 1.82) is 0 Å². The van der Waals surface area contributed by atoms with Crippen LogP contribution in [-0.4, -0.2) is 19.3 Å². The Morgan fingerprint density at radius 1 is 0.960 bits per heavy atom. The molecule has 3 rings (SSSR count). The molecule has 0 amide bonds. The highest BCUT2D eigenvalue weighted by Gasteiger charge is 2.37. The lowest BCUT2D eigenvalue weighted by molar-refractivity contribution is -0.137.